The van der Waals surface area contributed by atoms with Crippen LogP contribution in [0.3, 0.4) is 0 Å². The maximum atomic E-state index is 11.8. The highest BCUT2D eigenvalue weighted by Crippen LogP contribution is 2.05. The fourth-order valence-corrected chi connectivity index (χ4v) is 1.92. The molecule has 0 heterocycles. The number of methoxy groups -OCH3 is 1. The molecule has 0 aliphatic carbocycles. The summed E-state index contributed by atoms with van der Waals surface area (Å²) in [6.07, 6.45) is 2.62. The molecule has 0 saturated carbocycles. The summed E-state index contributed by atoms with van der Waals surface area (Å²) in [7, 11) is 2.99. The average molecular weight is 262 g/mol. The maximum absolute atomic E-state index is 11.8. The second kappa shape index (κ2) is 8.36. The zero-order valence-electron chi connectivity index (χ0n) is 10.9. The Labute approximate surface area is 107 Å². The molecule has 0 spiro atoms. The average Bonchev–Trinajstić information content (AvgIpc) is 2.33. The van der Waals surface area contributed by atoms with Crippen LogP contribution in [0.2, 0.25) is 0 Å². The molecule has 17 heavy (non-hydrogen) atoms. The topological polar surface area (TPSA) is 72.6 Å². The van der Waals surface area contributed by atoms with Crippen LogP contribution in [0.25, 0.3) is 0 Å². The highest BCUT2D eigenvalue weighted by atomic mass is 32.2. The third kappa shape index (κ3) is 5.93. The molecule has 0 rings (SSSR count). The highest BCUT2D eigenvalue weighted by molar-refractivity contribution is 7.98. The van der Waals surface area contributed by atoms with Gasteiger partial charge in [0.25, 0.3) is 0 Å². The van der Waals surface area contributed by atoms with E-state index in [2.05, 4.69) is 4.74 Å². The van der Waals surface area contributed by atoms with Crippen LogP contribution >= 0.6 is 11.8 Å². The van der Waals surface area contributed by atoms with Crippen molar-refractivity contribution in [1.29, 1.82) is 0 Å². The zero-order valence-corrected chi connectivity index (χ0v) is 11.8. The van der Waals surface area contributed by atoms with Gasteiger partial charge in [-0.1, -0.05) is 6.92 Å². The minimum Gasteiger partial charge on any atom is -0.469 e. The van der Waals surface area contributed by atoms with Crippen molar-refractivity contribution in [2.24, 2.45) is 11.7 Å². The van der Waals surface area contributed by atoms with Crippen molar-refractivity contribution in [3.05, 3.63) is 0 Å². The van der Waals surface area contributed by atoms with Gasteiger partial charge in [0.15, 0.2) is 0 Å². The monoisotopic (exact) mass is 262 g/mol. The Kier molecular flexibility index (Phi) is 7.99. The molecule has 0 radical (unpaired) electrons. The molecular weight excluding hydrogens is 240 g/mol. The van der Waals surface area contributed by atoms with Crippen molar-refractivity contribution in [3.8, 4) is 0 Å². The van der Waals surface area contributed by atoms with E-state index in [-0.39, 0.29) is 17.8 Å². The third-order valence-electron chi connectivity index (χ3n) is 2.48. The SMILES string of the molecule is COC(=O)C(C)CN(C)C(=O)[C@H](N)CCSC. The van der Waals surface area contributed by atoms with Gasteiger partial charge in [-0.25, -0.2) is 0 Å². The molecule has 5 nitrogen and oxygen atoms in total. The van der Waals surface area contributed by atoms with E-state index in [0.29, 0.717) is 13.0 Å². The lowest BCUT2D eigenvalue weighted by Crippen LogP contribution is -2.44. The lowest BCUT2D eigenvalue weighted by Gasteiger charge is -2.23. The Morgan fingerprint density at radius 2 is 2.06 bits per heavy atom. The molecule has 0 aromatic rings. The summed E-state index contributed by atoms with van der Waals surface area (Å²) in [5, 5.41) is 0. The van der Waals surface area contributed by atoms with Crippen molar-refractivity contribution in [1.82, 2.24) is 4.90 Å². The number of esters is 1. The van der Waals surface area contributed by atoms with Crippen molar-refractivity contribution < 1.29 is 14.3 Å². The molecule has 1 unspecified atom stereocenters. The first-order valence-corrected chi connectivity index (χ1v) is 6.90. The van der Waals surface area contributed by atoms with E-state index in [9.17, 15) is 9.59 Å². The van der Waals surface area contributed by atoms with Gasteiger partial charge in [-0.3, -0.25) is 9.59 Å². The number of likely N-dealkylation sites (N-methyl/N-ethyl adjacent to an activating group) is 1. The van der Waals surface area contributed by atoms with Crippen LogP contribution < -0.4 is 5.73 Å². The molecule has 0 aliphatic rings. The minimum absolute atomic E-state index is 0.130. The Morgan fingerprint density at radius 1 is 1.47 bits per heavy atom. The van der Waals surface area contributed by atoms with E-state index in [1.807, 2.05) is 6.26 Å². The number of amides is 1. The first-order valence-electron chi connectivity index (χ1n) is 5.51. The zero-order chi connectivity index (χ0) is 13.4. The van der Waals surface area contributed by atoms with E-state index in [1.54, 1.807) is 25.7 Å². The highest BCUT2D eigenvalue weighted by Gasteiger charge is 2.22. The number of hydrogen-bond acceptors (Lipinski definition) is 5. The van der Waals surface area contributed by atoms with Gasteiger partial charge in [0.1, 0.15) is 0 Å². The fraction of sp³-hybridized carbons (Fsp3) is 0.818. The van der Waals surface area contributed by atoms with Gasteiger partial charge in [-0.15, -0.1) is 0 Å². The van der Waals surface area contributed by atoms with Crippen LogP contribution in [-0.2, 0) is 14.3 Å². The first kappa shape index (κ1) is 16.2. The maximum Gasteiger partial charge on any atom is 0.310 e. The molecule has 0 aromatic heterocycles. The van der Waals surface area contributed by atoms with Gasteiger partial charge in [-0.2, -0.15) is 11.8 Å². The molecule has 0 bridgehead atoms. The summed E-state index contributed by atoms with van der Waals surface area (Å²) in [4.78, 5) is 24.5. The van der Waals surface area contributed by atoms with E-state index in [1.165, 1.54) is 12.0 Å². The standard InChI is InChI=1S/C11H22N2O3S/c1-8(11(15)16-3)7-13(2)10(14)9(12)5-6-17-4/h8-9H,5-7,12H2,1-4H3/t8?,9-/m1/s1. The Bertz CT molecular complexity index is 261. The molecule has 0 aliphatic heterocycles. The van der Waals surface area contributed by atoms with Crippen molar-refractivity contribution in [2.75, 3.05) is 32.7 Å². The molecular formula is C11H22N2O3S. The van der Waals surface area contributed by atoms with Crippen LogP contribution in [0, 0.1) is 5.92 Å². The molecule has 2 atom stereocenters. The molecule has 1 amide bonds. The minimum atomic E-state index is -0.489. The molecule has 0 saturated heterocycles. The van der Waals surface area contributed by atoms with Crippen molar-refractivity contribution in [2.45, 2.75) is 19.4 Å². The van der Waals surface area contributed by atoms with E-state index < -0.39 is 6.04 Å². The van der Waals surface area contributed by atoms with Gasteiger partial charge < -0.3 is 15.4 Å². The van der Waals surface area contributed by atoms with E-state index in [4.69, 9.17) is 5.73 Å². The normalized spacial score (nSPS) is 13.9. The molecule has 0 aromatic carbocycles. The Hall–Kier alpha value is -0.750. The Morgan fingerprint density at radius 3 is 2.53 bits per heavy atom. The van der Waals surface area contributed by atoms with Crippen LogP contribution in [0.1, 0.15) is 13.3 Å². The number of hydrogen-bond donors (Lipinski definition) is 1. The fourth-order valence-electron chi connectivity index (χ4n) is 1.43. The predicted molar refractivity (Wildman–Crippen MR) is 69.8 cm³/mol. The number of ether oxygens (including phenoxy) is 1. The summed E-state index contributed by atoms with van der Waals surface area (Å²) in [5.41, 5.74) is 5.77. The lowest BCUT2D eigenvalue weighted by atomic mass is 10.1. The molecule has 6 heteroatoms. The van der Waals surface area contributed by atoms with Crippen LogP contribution in [0.5, 0.6) is 0 Å². The Balaban J connectivity index is 4.16. The van der Waals surface area contributed by atoms with Gasteiger partial charge in [-0.05, 0) is 18.4 Å². The smallest absolute Gasteiger partial charge is 0.310 e. The number of carbonyl (C=O) groups is 2. The van der Waals surface area contributed by atoms with Gasteiger partial charge in [0.2, 0.25) is 5.91 Å². The van der Waals surface area contributed by atoms with Crippen molar-refractivity contribution >= 4 is 23.6 Å². The lowest BCUT2D eigenvalue weighted by molar-refractivity contribution is -0.146. The number of nitrogens with zero attached hydrogens (tertiary/aromatic N) is 1. The van der Waals surface area contributed by atoms with E-state index in [0.717, 1.165) is 5.75 Å². The van der Waals surface area contributed by atoms with Crippen LogP contribution in [0.4, 0.5) is 0 Å². The number of nitrogens with two attached hydrogens (primary N) is 1. The van der Waals surface area contributed by atoms with Crippen molar-refractivity contribution in [3.63, 3.8) is 0 Å². The number of carbonyl (C=O) groups excluding carboxylic acids is 2. The second-order valence-electron chi connectivity index (χ2n) is 4.03. The third-order valence-corrected chi connectivity index (χ3v) is 3.12. The van der Waals surface area contributed by atoms with Gasteiger partial charge >= 0.3 is 5.97 Å². The van der Waals surface area contributed by atoms with E-state index >= 15 is 0 Å². The second-order valence-corrected chi connectivity index (χ2v) is 5.02. The van der Waals surface area contributed by atoms with Gasteiger partial charge in [0, 0.05) is 13.6 Å². The summed E-state index contributed by atoms with van der Waals surface area (Å²) in [5.74, 6) is 0.0756. The summed E-state index contributed by atoms with van der Waals surface area (Å²) >= 11 is 1.66. The quantitative estimate of drug-likeness (QED) is 0.670. The molecule has 0 fully saturated rings. The summed E-state index contributed by atoms with van der Waals surface area (Å²) < 4.78 is 4.61. The summed E-state index contributed by atoms with van der Waals surface area (Å²) in [6.45, 7) is 2.06. The summed E-state index contributed by atoms with van der Waals surface area (Å²) in [6, 6.07) is -0.489. The number of rotatable bonds is 7. The first-order chi connectivity index (χ1) is 7.93. The van der Waals surface area contributed by atoms with Crippen LogP contribution in [-0.4, -0.2) is 55.5 Å². The van der Waals surface area contributed by atoms with Crippen LogP contribution in [0.15, 0.2) is 0 Å². The van der Waals surface area contributed by atoms with Gasteiger partial charge in [0.05, 0.1) is 19.1 Å². The molecule has 100 valence electrons. The predicted octanol–water partition coefficient (Wildman–Crippen LogP) is 0.334. The largest absolute Gasteiger partial charge is 0.469 e. The molecule has 2 N–H and O–H groups in total. The number of thioether (sulfide) groups is 1.